The van der Waals surface area contributed by atoms with Crippen LogP contribution in [0, 0.1) is 0 Å². The highest BCUT2D eigenvalue weighted by Crippen LogP contribution is 2.47. The Kier molecular flexibility index (Phi) is 5.77. The summed E-state index contributed by atoms with van der Waals surface area (Å²) in [6.45, 7) is 0. The first kappa shape index (κ1) is 28.6. The van der Waals surface area contributed by atoms with E-state index in [1.807, 2.05) is 30.3 Å². The highest BCUT2D eigenvalue weighted by atomic mass is 16.3. The van der Waals surface area contributed by atoms with Gasteiger partial charge in [-0.25, -0.2) is 0 Å². The first-order valence-electron chi connectivity index (χ1n) is 18.0. The Labute approximate surface area is 302 Å². The van der Waals surface area contributed by atoms with E-state index in [1.54, 1.807) is 0 Å². The van der Waals surface area contributed by atoms with Gasteiger partial charge in [-0.2, -0.15) is 0 Å². The van der Waals surface area contributed by atoms with E-state index in [4.69, 9.17) is 13.3 Å². The van der Waals surface area contributed by atoms with Gasteiger partial charge < -0.3 is 13.3 Å². The summed E-state index contributed by atoms with van der Waals surface area (Å²) in [5, 5.41) is 12.5. The maximum Gasteiger partial charge on any atom is 0.143 e. The topological polar surface area (TPSA) is 39.4 Å². The fraction of sp³-hybridized carbons (Fsp3) is 0. The highest BCUT2D eigenvalue weighted by Gasteiger charge is 2.21. The maximum absolute atomic E-state index is 6.61. The zero-order chi connectivity index (χ0) is 34.6. The van der Waals surface area contributed by atoms with Gasteiger partial charge in [-0.05, 0) is 91.6 Å². The molecule has 3 aromatic heterocycles. The minimum atomic E-state index is 0.852. The number of para-hydroxylation sites is 1. The number of hydrogen-bond acceptors (Lipinski definition) is 3. The van der Waals surface area contributed by atoms with Crippen molar-refractivity contribution in [3.63, 3.8) is 0 Å². The molecular weight excluding hydrogens is 649 g/mol. The van der Waals surface area contributed by atoms with Crippen molar-refractivity contribution in [2.24, 2.45) is 0 Å². The SMILES string of the molecule is c1ccc(-c2cc3cc4oc5cc(-c6c7ccccc7c(-c7cccc8c7ccc7c9ccccc9oc87)c7ccccc67)ccc5c4cc3o2)cc1. The fourth-order valence-electron chi connectivity index (χ4n) is 8.70. The number of rotatable bonds is 3. The molecule has 246 valence electrons. The predicted molar refractivity (Wildman–Crippen MR) is 220 cm³/mol. The Morgan fingerprint density at radius 3 is 1.68 bits per heavy atom. The summed E-state index contributed by atoms with van der Waals surface area (Å²) in [6.07, 6.45) is 0. The summed E-state index contributed by atoms with van der Waals surface area (Å²) in [4.78, 5) is 0. The summed E-state index contributed by atoms with van der Waals surface area (Å²) in [5.74, 6) is 0.855. The lowest BCUT2D eigenvalue weighted by molar-refractivity contribution is 0.631. The van der Waals surface area contributed by atoms with Gasteiger partial charge in [-0.1, -0.05) is 127 Å². The van der Waals surface area contributed by atoms with Gasteiger partial charge in [0.1, 0.15) is 33.7 Å². The van der Waals surface area contributed by atoms with Crippen molar-refractivity contribution in [1.29, 1.82) is 0 Å². The lowest BCUT2D eigenvalue weighted by Gasteiger charge is -2.18. The first-order valence-corrected chi connectivity index (χ1v) is 18.0. The van der Waals surface area contributed by atoms with Crippen LogP contribution in [0.2, 0.25) is 0 Å². The van der Waals surface area contributed by atoms with E-state index in [-0.39, 0.29) is 0 Å². The molecule has 3 nitrogen and oxygen atoms in total. The van der Waals surface area contributed by atoms with Gasteiger partial charge in [0.15, 0.2) is 0 Å². The van der Waals surface area contributed by atoms with Crippen molar-refractivity contribution < 1.29 is 13.3 Å². The van der Waals surface area contributed by atoms with Gasteiger partial charge in [0, 0.05) is 37.9 Å². The van der Waals surface area contributed by atoms with Gasteiger partial charge in [-0.3, -0.25) is 0 Å². The molecule has 0 aliphatic carbocycles. The average molecular weight is 677 g/mol. The smallest absolute Gasteiger partial charge is 0.143 e. The van der Waals surface area contributed by atoms with Crippen molar-refractivity contribution in [1.82, 2.24) is 0 Å². The molecule has 53 heavy (non-hydrogen) atoms. The highest BCUT2D eigenvalue weighted by molar-refractivity contribution is 6.26. The number of hydrogen-bond donors (Lipinski definition) is 0. The molecule has 0 aliphatic rings. The van der Waals surface area contributed by atoms with Crippen LogP contribution in [0.25, 0.3) is 121 Å². The molecule has 0 radical (unpaired) electrons. The molecular formula is C50H28O3. The Balaban J connectivity index is 1.07. The van der Waals surface area contributed by atoms with Crippen LogP contribution < -0.4 is 0 Å². The van der Waals surface area contributed by atoms with Gasteiger partial charge >= 0.3 is 0 Å². The molecule has 3 heteroatoms. The van der Waals surface area contributed by atoms with E-state index >= 15 is 0 Å². The summed E-state index contributed by atoms with van der Waals surface area (Å²) in [7, 11) is 0. The van der Waals surface area contributed by atoms with E-state index in [0.29, 0.717) is 0 Å². The second-order valence-electron chi connectivity index (χ2n) is 14.0. The number of furan rings is 3. The van der Waals surface area contributed by atoms with Crippen LogP contribution in [0.5, 0.6) is 0 Å². The third-order valence-corrected chi connectivity index (χ3v) is 11.1. The molecule has 0 saturated carbocycles. The van der Waals surface area contributed by atoms with E-state index < -0.39 is 0 Å². The second kappa shape index (κ2) is 10.7. The van der Waals surface area contributed by atoms with Gasteiger partial charge in [-0.15, -0.1) is 0 Å². The molecule has 0 amide bonds. The first-order chi connectivity index (χ1) is 26.3. The summed E-state index contributed by atoms with van der Waals surface area (Å²) in [6, 6.07) is 60.2. The molecule has 12 aromatic rings. The number of fused-ring (bicyclic) bond motifs is 11. The monoisotopic (exact) mass is 676 g/mol. The average Bonchev–Trinajstić information content (AvgIpc) is 3.92. The van der Waals surface area contributed by atoms with Crippen molar-refractivity contribution in [3.05, 3.63) is 170 Å². The molecule has 12 rings (SSSR count). The van der Waals surface area contributed by atoms with Crippen molar-refractivity contribution in [2.45, 2.75) is 0 Å². The predicted octanol–water partition coefficient (Wildman–Crippen LogP) is 14.7. The third-order valence-electron chi connectivity index (χ3n) is 11.1. The summed E-state index contributed by atoms with van der Waals surface area (Å²) >= 11 is 0. The maximum atomic E-state index is 6.61. The molecule has 9 aromatic carbocycles. The third kappa shape index (κ3) is 4.10. The van der Waals surface area contributed by atoms with Crippen LogP contribution in [-0.4, -0.2) is 0 Å². The van der Waals surface area contributed by atoms with Gasteiger partial charge in [0.05, 0.1) is 0 Å². The molecule has 0 fully saturated rings. The molecule has 0 N–H and O–H groups in total. The molecule has 3 heterocycles. The van der Waals surface area contributed by atoms with Crippen LogP contribution in [0.15, 0.2) is 183 Å². The minimum absolute atomic E-state index is 0.852. The molecule has 0 aliphatic heterocycles. The molecule has 0 atom stereocenters. The zero-order valence-corrected chi connectivity index (χ0v) is 28.4. The van der Waals surface area contributed by atoms with Gasteiger partial charge in [0.2, 0.25) is 0 Å². The Morgan fingerprint density at radius 1 is 0.283 bits per heavy atom. The van der Waals surface area contributed by atoms with E-state index in [0.717, 1.165) is 77.1 Å². The van der Waals surface area contributed by atoms with E-state index in [9.17, 15) is 0 Å². The van der Waals surface area contributed by atoms with Crippen LogP contribution in [0.1, 0.15) is 0 Å². The summed E-state index contributed by atoms with van der Waals surface area (Å²) in [5.41, 5.74) is 10.2. The molecule has 0 unspecified atom stereocenters. The normalized spacial score (nSPS) is 12.2. The number of benzene rings is 9. The molecule has 0 saturated heterocycles. The van der Waals surface area contributed by atoms with E-state index in [1.165, 1.54) is 43.6 Å². The lowest BCUT2D eigenvalue weighted by atomic mass is 9.84. The van der Waals surface area contributed by atoms with Crippen molar-refractivity contribution in [3.8, 4) is 33.6 Å². The second-order valence-corrected chi connectivity index (χ2v) is 14.0. The molecule has 0 spiro atoms. The zero-order valence-electron chi connectivity index (χ0n) is 28.4. The van der Waals surface area contributed by atoms with Crippen LogP contribution >= 0.6 is 0 Å². The van der Waals surface area contributed by atoms with Gasteiger partial charge in [0.25, 0.3) is 0 Å². The Bertz CT molecular complexity index is 3390. The largest absolute Gasteiger partial charge is 0.456 e. The Morgan fingerprint density at radius 2 is 0.887 bits per heavy atom. The minimum Gasteiger partial charge on any atom is -0.456 e. The quantitative estimate of drug-likeness (QED) is 0.175. The van der Waals surface area contributed by atoms with Crippen LogP contribution in [0.3, 0.4) is 0 Å². The summed E-state index contributed by atoms with van der Waals surface area (Å²) < 4.78 is 19.4. The van der Waals surface area contributed by atoms with Crippen molar-refractivity contribution in [2.75, 3.05) is 0 Å². The van der Waals surface area contributed by atoms with Crippen LogP contribution in [-0.2, 0) is 0 Å². The standard InChI is InChI=1S/C50H28O3/c1-2-11-29(12-3-1)44-26-31-27-47-42(28-45(31)51-44)34-22-21-30(25-46(34)52-47)48-36-14-4-6-16-38(36)49(39-17-7-5-15-37(39)48)35-18-10-19-40-32(35)23-24-41-33-13-8-9-20-43(33)53-50(40)41/h1-28H. The Hall–Kier alpha value is -7.10. The van der Waals surface area contributed by atoms with Crippen molar-refractivity contribution >= 4 is 87.2 Å². The van der Waals surface area contributed by atoms with E-state index in [2.05, 4.69) is 140 Å². The molecule has 0 bridgehead atoms. The van der Waals surface area contributed by atoms with Crippen LogP contribution in [0.4, 0.5) is 0 Å². The fourth-order valence-corrected chi connectivity index (χ4v) is 8.70. The lowest BCUT2D eigenvalue weighted by Crippen LogP contribution is -1.91.